The minimum atomic E-state index is 1.07. The summed E-state index contributed by atoms with van der Waals surface area (Å²) in [5.74, 6) is 0. The Hall–Kier alpha value is -3.12. The number of rotatable bonds is 4. The number of hydrogen-bond donors (Lipinski definition) is 0. The van der Waals surface area contributed by atoms with E-state index in [1.54, 1.807) is 0 Å². The van der Waals surface area contributed by atoms with Crippen molar-refractivity contribution in [1.29, 1.82) is 0 Å². The Bertz CT molecular complexity index is 1450. The fraction of sp³-hybridized carbons (Fsp3) is 0.273. The summed E-state index contributed by atoms with van der Waals surface area (Å²) in [4.78, 5) is 0. The van der Waals surface area contributed by atoms with E-state index in [1.165, 1.54) is 104 Å². The van der Waals surface area contributed by atoms with Crippen LogP contribution in [0.2, 0.25) is 0 Å². The number of aryl methyl sites for hydroxylation is 2. The first-order chi connectivity index (χ1) is 16.2. The minimum absolute atomic E-state index is 1.07. The van der Waals surface area contributed by atoms with E-state index in [-0.39, 0.29) is 0 Å². The van der Waals surface area contributed by atoms with Crippen LogP contribution in [0.25, 0.3) is 33.4 Å². The average molecular weight is 427 g/mol. The standard InChI is InChI=1S/C33H30/c1-3-4-5-6-21-8-10-29-23(12-21)14-25-19-33-27(17-31(25)29)15-26-16-30-24(18-32(26)33)13-22-11-20(2)7-9-28(22)30/h7-12,16-19H,3-6,13-15H2,1-2H3. The quantitative estimate of drug-likeness (QED) is 0.248. The molecule has 0 heterocycles. The molecule has 162 valence electrons. The molecule has 0 aliphatic heterocycles. The molecule has 0 spiro atoms. The van der Waals surface area contributed by atoms with Gasteiger partial charge < -0.3 is 0 Å². The van der Waals surface area contributed by atoms with Crippen molar-refractivity contribution in [3.63, 3.8) is 0 Å². The highest BCUT2D eigenvalue weighted by Gasteiger charge is 2.28. The zero-order valence-corrected chi connectivity index (χ0v) is 19.7. The van der Waals surface area contributed by atoms with Crippen LogP contribution in [0, 0.1) is 6.92 Å². The molecular formula is C33H30. The van der Waals surface area contributed by atoms with Gasteiger partial charge in [0, 0.05) is 0 Å². The maximum Gasteiger partial charge on any atom is -0.00130 e. The topological polar surface area (TPSA) is 0 Å². The summed E-state index contributed by atoms with van der Waals surface area (Å²) in [5.41, 5.74) is 20.7. The molecule has 0 bridgehead atoms. The fourth-order valence-electron chi connectivity index (χ4n) is 6.50. The van der Waals surface area contributed by atoms with Gasteiger partial charge in [-0.3, -0.25) is 0 Å². The molecule has 0 amide bonds. The van der Waals surface area contributed by atoms with Gasteiger partial charge >= 0.3 is 0 Å². The van der Waals surface area contributed by atoms with Crippen LogP contribution >= 0.6 is 0 Å². The second-order valence-electron chi connectivity index (χ2n) is 10.5. The van der Waals surface area contributed by atoms with Gasteiger partial charge in [-0.15, -0.1) is 0 Å². The summed E-state index contributed by atoms with van der Waals surface area (Å²) >= 11 is 0. The van der Waals surface area contributed by atoms with Gasteiger partial charge in [0.05, 0.1) is 0 Å². The van der Waals surface area contributed by atoms with Crippen molar-refractivity contribution in [2.75, 3.05) is 0 Å². The predicted octanol–water partition coefficient (Wildman–Crippen LogP) is 8.44. The Balaban J connectivity index is 1.24. The first-order valence-corrected chi connectivity index (χ1v) is 12.7. The van der Waals surface area contributed by atoms with Crippen molar-refractivity contribution in [2.45, 2.75) is 58.8 Å². The molecule has 7 rings (SSSR count). The van der Waals surface area contributed by atoms with Crippen LogP contribution in [0.3, 0.4) is 0 Å². The van der Waals surface area contributed by atoms with Crippen LogP contribution in [0.4, 0.5) is 0 Å². The van der Waals surface area contributed by atoms with E-state index < -0.39 is 0 Å². The number of hydrogen-bond acceptors (Lipinski definition) is 0. The molecule has 0 N–H and O–H groups in total. The van der Waals surface area contributed by atoms with Gasteiger partial charge in [0.15, 0.2) is 0 Å². The highest BCUT2D eigenvalue weighted by atomic mass is 14.3. The van der Waals surface area contributed by atoms with Crippen molar-refractivity contribution in [3.05, 3.63) is 105 Å². The molecule has 4 aromatic rings. The monoisotopic (exact) mass is 426 g/mol. The molecule has 0 aromatic heterocycles. The van der Waals surface area contributed by atoms with E-state index in [9.17, 15) is 0 Å². The molecule has 0 heteroatoms. The highest BCUT2D eigenvalue weighted by Crippen LogP contribution is 2.48. The number of benzene rings is 4. The second-order valence-corrected chi connectivity index (χ2v) is 10.5. The molecule has 0 fully saturated rings. The Morgan fingerprint density at radius 3 is 1.58 bits per heavy atom. The molecule has 4 aromatic carbocycles. The average Bonchev–Trinajstić information content (AvgIpc) is 3.45. The highest BCUT2D eigenvalue weighted by molar-refractivity contribution is 5.89. The van der Waals surface area contributed by atoms with E-state index >= 15 is 0 Å². The Morgan fingerprint density at radius 1 is 0.515 bits per heavy atom. The summed E-state index contributed by atoms with van der Waals surface area (Å²) in [6.07, 6.45) is 8.37. The van der Waals surface area contributed by atoms with Crippen molar-refractivity contribution in [2.24, 2.45) is 0 Å². The van der Waals surface area contributed by atoms with E-state index in [0.717, 1.165) is 19.3 Å². The molecule has 0 saturated carbocycles. The molecule has 0 atom stereocenters. The minimum Gasteiger partial charge on any atom is -0.0654 e. The third-order valence-corrected chi connectivity index (χ3v) is 8.17. The largest absolute Gasteiger partial charge is 0.0654 e. The van der Waals surface area contributed by atoms with Gasteiger partial charge in [-0.1, -0.05) is 61.7 Å². The van der Waals surface area contributed by atoms with Crippen LogP contribution in [0.15, 0.2) is 60.7 Å². The molecule has 33 heavy (non-hydrogen) atoms. The summed E-state index contributed by atoms with van der Waals surface area (Å²) in [6, 6.07) is 24.2. The van der Waals surface area contributed by atoms with Crippen LogP contribution in [-0.2, 0) is 25.7 Å². The first-order valence-electron chi connectivity index (χ1n) is 12.7. The number of fused-ring (bicyclic) bond motifs is 9. The lowest BCUT2D eigenvalue weighted by Crippen LogP contribution is -1.88. The van der Waals surface area contributed by atoms with Crippen LogP contribution in [0.5, 0.6) is 0 Å². The molecule has 3 aliphatic rings. The third-order valence-electron chi connectivity index (χ3n) is 8.17. The Labute approximate surface area is 197 Å². The van der Waals surface area contributed by atoms with Crippen LogP contribution in [0.1, 0.15) is 70.7 Å². The Morgan fingerprint density at radius 2 is 1.00 bits per heavy atom. The second kappa shape index (κ2) is 7.19. The van der Waals surface area contributed by atoms with Crippen LogP contribution in [-0.4, -0.2) is 0 Å². The van der Waals surface area contributed by atoms with Gasteiger partial charge in [0.1, 0.15) is 0 Å². The smallest absolute Gasteiger partial charge is 0.00130 e. The van der Waals surface area contributed by atoms with E-state index in [2.05, 4.69) is 74.5 Å². The SMILES string of the molecule is CCCCCc1ccc2c(c1)Cc1cc3c(cc1-2)Cc1cc2c(cc1-3)Cc1cc(C)ccc1-2. The van der Waals surface area contributed by atoms with Crippen molar-refractivity contribution >= 4 is 0 Å². The maximum atomic E-state index is 2.52. The molecular weight excluding hydrogens is 396 g/mol. The lowest BCUT2D eigenvalue weighted by Gasteiger charge is -2.08. The summed E-state index contributed by atoms with van der Waals surface area (Å²) in [6.45, 7) is 4.48. The van der Waals surface area contributed by atoms with Crippen molar-refractivity contribution < 1.29 is 0 Å². The molecule has 0 unspecified atom stereocenters. The summed E-state index contributed by atoms with van der Waals surface area (Å²) < 4.78 is 0. The predicted molar refractivity (Wildman–Crippen MR) is 139 cm³/mol. The molecule has 0 saturated heterocycles. The zero-order valence-electron chi connectivity index (χ0n) is 19.7. The van der Waals surface area contributed by atoms with E-state index in [0.29, 0.717) is 0 Å². The van der Waals surface area contributed by atoms with E-state index in [1.807, 2.05) is 0 Å². The first kappa shape index (κ1) is 19.4. The fourth-order valence-corrected chi connectivity index (χ4v) is 6.50. The van der Waals surface area contributed by atoms with Gasteiger partial charge in [-0.05, 0) is 136 Å². The van der Waals surface area contributed by atoms with Gasteiger partial charge in [0.2, 0.25) is 0 Å². The van der Waals surface area contributed by atoms with Gasteiger partial charge in [0.25, 0.3) is 0 Å². The van der Waals surface area contributed by atoms with Gasteiger partial charge in [-0.25, -0.2) is 0 Å². The van der Waals surface area contributed by atoms with E-state index in [4.69, 9.17) is 0 Å². The van der Waals surface area contributed by atoms with Crippen molar-refractivity contribution in [1.82, 2.24) is 0 Å². The molecule has 3 aliphatic carbocycles. The van der Waals surface area contributed by atoms with Gasteiger partial charge in [-0.2, -0.15) is 0 Å². The zero-order chi connectivity index (χ0) is 22.1. The summed E-state index contributed by atoms with van der Waals surface area (Å²) in [7, 11) is 0. The summed E-state index contributed by atoms with van der Waals surface area (Å²) in [5, 5.41) is 0. The van der Waals surface area contributed by atoms with Crippen LogP contribution < -0.4 is 0 Å². The number of unbranched alkanes of at least 4 members (excludes halogenated alkanes) is 2. The normalized spacial score (nSPS) is 13.9. The molecule has 0 nitrogen and oxygen atoms in total. The lowest BCUT2D eigenvalue weighted by molar-refractivity contribution is 0.717. The maximum absolute atomic E-state index is 2.52. The molecule has 0 radical (unpaired) electrons. The van der Waals surface area contributed by atoms with Crippen molar-refractivity contribution in [3.8, 4) is 33.4 Å². The lowest BCUT2D eigenvalue weighted by atomic mass is 9.96. The Kier molecular flexibility index (Phi) is 4.22. The third kappa shape index (κ3) is 2.97.